The largest absolute Gasteiger partial charge is 0.416 e. The van der Waals surface area contributed by atoms with Gasteiger partial charge in [0.15, 0.2) is 5.49 Å². The van der Waals surface area contributed by atoms with Crippen LogP contribution in [-0.4, -0.2) is 14.5 Å². The van der Waals surface area contributed by atoms with Crippen LogP contribution < -0.4 is 5.49 Å². The maximum absolute atomic E-state index is 13.2. The normalized spacial score (nSPS) is 16.6. The highest BCUT2D eigenvalue weighted by Crippen LogP contribution is 2.37. The van der Waals surface area contributed by atoms with Crippen LogP contribution in [-0.2, 0) is 6.18 Å². The maximum atomic E-state index is 13.2. The number of halogens is 4. The quantitative estimate of drug-likeness (QED) is 0.493. The number of alkyl halides is 3. The summed E-state index contributed by atoms with van der Waals surface area (Å²) in [6, 6.07) is 6.02. The van der Waals surface area contributed by atoms with Gasteiger partial charge >= 0.3 is 6.18 Å². The molecule has 2 aromatic heterocycles. The molecule has 0 aliphatic heterocycles. The molecular weight excluding hydrogens is 433 g/mol. The van der Waals surface area contributed by atoms with Gasteiger partial charge in [-0.1, -0.05) is 12.1 Å². The van der Waals surface area contributed by atoms with E-state index in [0.717, 1.165) is 29.8 Å². The predicted molar refractivity (Wildman–Crippen MR) is 104 cm³/mol. The standard InChI is InChI=1S/C20H18BrF3N4/c1-11-14(4-3-5-16(11)20(22,23)24)12(2)27-19-15-8-18(21)25-9-17(15)28(10-26-19)13-6-7-13/h3-5,8-10,12-13H,6-7H2,1-2H3/b27-19-. The fraction of sp³-hybridized carbons (Fsp3) is 0.350. The summed E-state index contributed by atoms with van der Waals surface area (Å²) in [5.74, 6) is 0. The molecule has 1 saturated carbocycles. The van der Waals surface area contributed by atoms with Gasteiger partial charge < -0.3 is 4.57 Å². The molecule has 0 radical (unpaired) electrons. The second-order valence-electron chi connectivity index (χ2n) is 7.05. The molecule has 1 unspecified atom stereocenters. The Morgan fingerprint density at radius 2 is 2.00 bits per heavy atom. The van der Waals surface area contributed by atoms with Crippen LogP contribution in [0.3, 0.4) is 0 Å². The number of rotatable bonds is 3. The molecule has 0 spiro atoms. The summed E-state index contributed by atoms with van der Waals surface area (Å²) in [4.78, 5) is 13.5. The van der Waals surface area contributed by atoms with Crippen molar-refractivity contribution in [3.05, 3.63) is 63.6 Å². The lowest BCUT2D eigenvalue weighted by Gasteiger charge is -2.16. The first-order chi connectivity index (χ1) is 13.3. The Kier molecular flexibility index (Phi) is 4.77. The van der Waals surface area contributed by atoms with E-state index in [1.165, 1.54) is 13.0 Å². The van der Waals surface area contributed by atoms with Crippen molar-refractivity contribution in [2.45, 2.75) is 44.9 Å². The van der Waals surface area contributed by atoms with Gasteiger partial charge in [-0.25, -0.2) is 9.97 Å². The van der Waals surface area contributed by atoms with Gasteiger partial charge in [0.2, 0.25) is 0 Å². The minimum Gasteiger partial charge on any atom is -0.327 e. The minimum absolute atomic E-state index is 0.197. The molecule has 1 aliphatic rings. The van der Waals surface area contributed by atoms with Crippen LogP contribution >= 0.6 is 15.9 Å². The van der Waals surface area contributed by atoms with Crippen molar-refractivity contribution < 1.29 is 13.2 Å². The third-order valence-corrected chi connectivity index (χ3v) is 5.49. The molecule has 146 valence electrons. The van der Waals surface area contributed by atoms with Crippen LogP contribution in [0.4, 0.5) is 13.2 Å². The molecule has 0 N–H and O–H groups in total. The highest BCUT2D eigenvalue weighted by molar-refractivity contribution is 9.10. The van der Waals surface area contributed by atoms with Gasteiger partial charge in [-0.2, -0.15) is 13.2 Å². The Labute approximate surface area is 168 Å². The highest BCUT2D eigenvalue weighted by atomic mass is 79.9. The Morgan fingerprint density at radius 1 is 1.25 bits per heavy atom. The Hall–Kier alpha value is -2.22. The third-order valence-electron chi connectivity index (χ3n) is 5.06. The second kappa shape index (κ2) is 6.99. The van der Waals surface area contributed by atoms with Crippen molar-refractivity contribution in [3.63, 3.8) is 0 Å². The van der Waals surface area contributed by atoms with E-state index in [1.807, 2.05) is 6.07 Å². The molecule has 0 saturated heterocycles. The zero-order valence-electron chi connectivity index (χ0n) is 15.3. The van der Waals surface area contributed by atoms with Gasteiger partial charge in [0.05, 0.1) is 29.6 Å². The van der Waals surface area contributed by atoms with Crippen LogP contribution in [0.1, 0.15) is 48.5 Å². The van der Waals surface area contributed by atoms with Gasteiger partial charge in [-0.05, 0) is 65.9 Å². The lowest BCUT2D eigenvalue weighted by Crippen LogP contribution is -2.16. The topological polar surface area (TPSA) is 43.1 Å². The van der Waals surface area contributed by atoms with Gasteiger partial charge in [0.25, 0.3) is 0 Å². The van der Waals surface area contributed by atoms with E-state index in [1.54, 1.807) is 25.5 Å². The molecule has 1 fully saturated rings. The van der Waals surface area contributed by atoms with E-state index in [9.17, 15) is 13.2 Å². The first kappa shape index (κ1) is 19.1. The molecule has 8 heteroatoms. The van der Waals surface area contributed by atoms with Crippen LogP contribution in [0.15, 0.2) is 46.4 Å². The first-order valence-corrected chi connectivity index (χ1v) is 9.78. The fourth-order valence-corrected chi connectivity index (χ4v) is 3.80. The molecule has 4 nitrogen and oxygen atoms in total. The lowest BCUT2D eigenvalue weighted by molar-refractivity contribution is -0.138. The van der Waals surface area contributed by atoms with Crippen molar-refractivity contribution in [3.8, 4) is 0 Å². The van der Waals surface area contributed by atoms with Crippen LogP contribution in [0.2, 0.25) is 0 Å². The number of fused-ring (bicyclic) bond motifs is 1. The molecule has 0 amide bonds. The molecule has 2 heterocycles. The summed E-state index contributed by atoms with van der Waals surface area (Å²) in [6.45, 7) is 3.27. The van der Waals surface area contributed by atoms with Crippen LogP contribution in [0.5, 0.6) is 0 Å². The van der Waals surface area contributed by atoms with Crippen molar-refractivity contribution in [2.24, 2.45) is 4.99 Å². The number of pyridine rings is 1. The number of nitrogens with zero attached hydrogens (tertiary/aromatic N) is 4. The van der Waals surface area contributed by atoms with E-state index in [4.69, 9.17) is 0 Å². The Morgan fingerprint density at radius 3 is 2.68 bits per heavy atom. The Bertz CT molecular complexity index is 1120. The fourth-order valence-electron chi connectivity index (χ4n) is 3.47. The van der Waals surface area contributed by atoms with Gasteiger partial charge in [0, 0.05) is 11.4 Å². The first-order valence-electron chi connectivity index (χ1n) is 8.98. The SMILES string of the molecule is Cc1c(C(C)/N=c2\ncn(C3CC3)c3cnc(Br)cc23)cccc1C(F)(F)F. The van der Waals surface area contributed by atoms with Gasteiger partial charge in [0.1, 0.15) is 4.60 Å². The molecule has 1 aliphatic carbocycles. The lowest BCUT2D eigenvalue weighted by atomic mass is 9.97. The van der Waals surface area contributed by atoms with Crippen molar-refractivity contribution in [1.82, 2.24) is 14.5 Å². The maximum Gasteiger partial charge on any atom is 0.416 e. The molecule has 0 bridgehead atoms. The van der Waals surface area contributed by atoms with Crippen molar-refractivity contribution in [2.75, 3.05) is 0 Å². The second-order valence-corrected chi connectivity index (χ2v) is 7.87. The summed E-state index contributed by atoms with van der Waals surface area (Å²) in [5, 5.41) is 0.827. The van der Waals surface area contributed by atoms with E-state index >= 15 is 0 Å². The molecule has 3 aromatic rings. The average molecular weight is 451 g/mol. The molecule has 4 rings (SSSR count). The van der Waals surface area contributed by atoms with Gasteiger partial charge in [-0.15, -0.1) is 0 Å². The summed E-state index contributed by atoms with van der Waals surface area (Å²) in [5.41, 5.74) is 1.53. The zero-order chi connectivity index (χ0) is 20.1. The molecule has 28 heavy (non-hydrogen) atoms. The van der Waals surface area contributed by atoms with Crippen LogP contribution in [0, 0.1) is 6.92 Å². The third kappa shape index (κ3) is 3.57. The van der Waals surface area contributed by atoms with E-state index in [-0.39, 0.29) is 5.56 Å². The van der Waals surface area contributed by atoms with Crippen molar-refractivity contribution in [1.29, 1.82) is 0 Å². The monoisotopic (exact) mass is 450 g/mol. The van der Waals surface area contributed by atoms with Crippen molar-refractivity contribution >= 4 is 26.8 Å². The predicted octanol–water partition coefficient (Wildman–Crippen LogP) is 5.52. The highest BCUT2D eigenvalue weighted by Gasteiger charge is 2.33. The Balaban J connectivity index is 1.85. The smallest absolute Gasteiger partial charge is 0.327 e. The van der Waals surface area contributed by atoms with E-state index in [2.05, 4.69) is 35.5 Å². The van der Waals surface area contributed by atoms with Crippen LogP contribution in [0.25, 0.3) is 10.9 Å². The summed E-state index contributed by atoms with van der Waals surface area (Å²) in [6.07, 6.45) is 1.35. The average Bonchev–Trinajstić information content (AvgIpc) is 3.46. The zero-order valence-corrected chi connectivity index (χ0v) is 16.9. The minimum atomic E-state index is -4.39. The molecule has 1 atom stereocenters. The summed E-state index contributed by atoms with van der Waals surface area (Å²) >= 11 is 3.38. The molecule has 1 aromatic carbocycles. The summed E-state index contributed by atoms with van der Waals surface area (Å²) < 4.78 is 42.5. The number of hydrogen-bond donors (Lipinski definition) is 0. The number of hydrogen-bond acceptors (Lipinski definition) is 3. The van der Waals surface area contributed by atoms with Gasteiger partial charge in [-0.3, -0.25) is 4.99 Å². The number of aromatic nitrogens is 3. The van der Waals surface area contributed by atoms with E-state index in [0.29, 0.717) is 21.7 Å². The number of benzene rings is 1. The molecular formula is C20H18BrF3N4. The summed E-state index contributed by atoms with van der Waals surface area (Å²) in [7, 11) is 0. The van der Waals surface area contributed by atoms with E-state index < -0.39 is 17.8 Å².